The number of benzene rings is 1. The van der Waals surface area contributed by atoms with E-state index in [1.165, 1.54) is 17.4 Å². The molecule has 2 aromatic rings. The van der Waals surface area contributed by atoms with Crippen LogP contribution in [-0.2, 0) is 17.6 Å². The first-order valence-corrected chi connectivity index (χ1v) is 8.66. The fourth-order valence-electron chi connectivity index (χ4n) is 2.23. The van der Waals surface area contributed by atoms with E-state index in [-0.39, 0.29) is 13.0 Å². The van der Waals surface area contributed by atoms with E-state index in [0.29, 0.717) is 17.1 Å². The predicted octanol–water partition coefficient (Wildman–Crippen LogP) is 4.51. The fourth-order valence-corrected chi connectivity index (χ4v) is 3.27. The van der Waals surface area contributed by atoms with Crippen molar-refractivity contribution in [3.63, 3.8) is 0 Å². The van der Waals surface area contributed by atoms with Gasteiger partial charge in [-0.3, -0.25) is 4.79 Å². The lowest BCUT2D eigenvalue weighted by atomic mass is 10.2. The molecular formula is C17H16ClF3N2OS. The Hall–Kier alpha value is -1.86. The molecule has 1 aromatic heterocycles. The van der Waals surface area contributed by atoms with Crippen LogP contribution in [-0.4, -0.2) is 35.1 Å². The minimum Gasteiger partial charge on any atom is -0.330 e. The summed E-state index contributed by atoms with van der Waals surface area (Å²) >= 11 is 7.30. The Kier molecular flexibility index (Phi) is 6.61. The Bertz CT molecular complexity index is 745. The second-order valence-electron chi connectivity index (χ2n) is 5.39. The van der Waals surface area contributed by atoms with Crippen LogP contribution in [0.25, 0.3) is 0 Å². The number of hydrogen-bond donors (Lipinski definition) is 0. The lowest BCUT2D eigenvalue weighted by Gasteiger charge is -2.22. The molecule has 0 aliphatic carbocycles. The lowest BCUT2D eigenvalue weighted by molar-refractivity contribution is -0.159. The SMILES string of the molecule is C=CCN(CC(F)(F)F)C(=O)Cc1csc(Cc2cccc(Cl)c2)n1. The zero-order valence-corrected chi connectivity index (χ0v) is 14.8. The molecule has 1 heterocycles. The number of alkyl halides is 3. The molecule has 0 atom stereocenters. The molecule has 0 fully saturated rings. The summed E-state index contributed by atoms with van der Waals surface area (Å²) in [5, 5.41) is 3.09. The Morgan fingerprint density at radius 1 is 1.40 bits per heavy atom. The van der Waals surface area contributed by atoms with Gasteiger partial charge >= 0.3 is 6.18 Å². The van der Waals surface area contributed by atoms with Crippen molar-refractivity contribution in [1.29, 1.82) is 0 Å². The topological polar surface area (TPSA) is 33.2 Å². The summed E-state index contributed by atoms with van der Waals surface area (Å²) in [5.74, 6) is -0.628. The third-order valence-corrected chi connectivity index (χ3v) is 4.38. The molecule has 0 aliphatic rings. The number of carbonyl (C=O) groups is 1. The summed E-state index contributed by atoms with van der Waals surface area (Å²) in [4.78, 5) is 17.2. The van der Waals surface area contributed by atoms with Gasteiger partial charge in [-0.25, -0.2) is 4.98 Å². The van der Waals surface area contributed by atoms with Crippen LogP contribution in [0.15, 0.2) is 42.3 Å². The van der Waals surface area contributed by atoms with Gasteiger partial charge in [-0.15, -0.1) is 17.9 Å². The van der Waals surface area contributed by atoms with Crippen molar-refractivity contribution in [1.82, 2.24) is 9.88 Å². The highest BCUT2D eigenvalue weighted by atomic mass is 35.5. The Balaban J connectivity index is 2.01. The van der Waals surface area contributed by atoms with E-state index >= 15 is 0 Å². The third-order valence-electron chi connectivity index (χ3n) is 3.25. The molecule has 0 aliphatic heterocycles. The van der Waals surface area contributed by atoms with Gasteiger partial charge in [0.2, 0.25) is 5.91 Å². The number of nitrogens with zero attached hydrogens (tertiary/aromatic N) is 2. The molecule has 25 heavy (non-hydrogen) atoms. The number of aromatic nitrogens is 1. The van der Waals surface area contributed by atoms with Crippen LogP contribution < -0.4 is 0 Å². The van der Waals surface area contributed by atoms with Gasteiger partial charge in [0.05, 0.1) is 17.1 Å². The maximum absolute atomic E-state index is 12.6. The normalized spacial score (nSPS) is 11.4. The van der Waals surface area contributed by atoms with E-state index in [9.17, 15) is 18.0 Å². The van der Waals surface area contributed by atoms with Crippen molar-refractivity contribution in [2.45, 2.75) is 19.0 Å². The number of carbonyl (C=O) groups excluding carboxylic acids is 1. The number of rotatable bonds is 7. The molecule has 0 unspecified atom stereocenters. The Morgan fingerprint density at radius 3 is 2.80 bits per heavy atom. The first-order valence-electron chi connectivity index (χ1n) is 7.40. The lowest BCUT2D eigenvalue weighted by Crippen LogP contribution is -2.39. The van der Waals surface area contributed by atoms with E-state index in [1.54, 1.807) is 11.4 Å². The molecule has 2 rings (SSSR count). The second-order valence-corrected chi connectivity index (χ2v) is 6.77. The summed E-state index contributed by atoms with van der Waals surface area (Å²) in [7, 11) is 0. The quantitative estimate of drug-likeness (QED) is 0.654. The van der Waals surface area contributed by atoms with Crippen molar-refractivity contribution >= 4 is 28.8 Å². The van der Waals surface area contributed by atoms with Gasteiger partial charge in [-0.1, -0.05) is 29.8 Å². The maximum Gasteiger partial charge on any atom is 0.406 e. The molecule has 0 saturated heterocycles. The zero-order chi connectivity index (χ0) is 18.4. The smallest absolute Gasteiger partial charge is 0.330 e. The number of amides is 1. The molecule has 0 spiro atoms. The van der Waals surface area contributed by atoms with Gasteiger partial charge in [-0.05, 0) is 17.7 Å². The van der Waals surface area contributed by atoms with Crippen molar-refractivity contribution in [3.05, 3.63) is 63.6 Å². The van der Waals surface area contributed by atoms with Crippen molar-refractivity contribution in [2.75, 3.05) is 13.1 Å². The van der Waals surface area contributed by atoms with Crippen LogP contribution in [0.1, 0.15) is 16.3 Å². The number of hydrogen-bond acceptors (Lipinski definition) is 3. The van der Waals surface area contributed by atoms with Crippen molar-refractivity contribution in [2.24, 2.45) is 0 Å². The van der Waals surface area contributed by atoms with Gasteiger partial charge in [-0.2, -0.15) is 13.2 Å². The summed E-state index contributed by atoms with van der Waals surface area (Å²) in [6.07, 6.45) is -2.79. The molecule has 0 N–H and O–H groups in total. The molecule has 8 heteroatoms. The zero-order valence-electron chi connectivity index (χ0n) is 13.2. The molecule has 1 aromatic carbocycles. The minimum atomic E-state index is -4.45. The van der Waals surface area contributed by atoms with Gasteiger partial charge in [0.1, 0.15) is 6.54 Å². The van der Waals surface area contributed by atoms with Crippen LogP contribution in [0, 0.1) is 0 Å². The fraction of sp³-hybridized carbons (Fsp3) is 0.294. The monoisotopic (exact) mass is 388 g/mol. The van der Waals surface area contributed by atoms with Crippen molar-refractivity contribution < 1.29 is 18.0 Å². The predicted molar refractivity (Wildman–Crippen MR) is 92.9 cm³/mol. The number of thiazole rings is 1. The molecule has 1 amide bonds. The maximum atomic E-state index is 12.6. The van der Waals surface area contributed by atoms with Crippen LogP contribution in [0.4, 0.5) is 13.2 Å². The average molecular weight is 389 g/mol. The summed E-state index contributed by atoms with van der Waals surface area (Å²) < 4.78 is 37.7. The highest BCUT2D eigenvalue weighted by Crippen LogP contribution is 2.20. The van der Waals surface area contributed by atoms with E-state index in [1.807, 2.05) is 18.2 Å². The highest BCUT2D eigenvalue weighted by molar-refractivity contribution is 7.09. The molecule has 3 nitrogen and oxygen atoms in total. The van der Waals surface area contributed by atoms with Crippen LogP contribution in [0.3, 0.4) is 0 Å². The Labute approximate surface area is 152 Å². The molecule has 134 valence electrons. The third kappa shape index (κ3) is 6.51. The van der Waals surface area contributed by atoms with E-state index in [0.717, 1.165) is 15.5 Å². The molecular weight excluding hydrogens is 373 g/mol. The highest BCUT2D eigenvalue weighted by Gasteiger charge is 2.32. The van der Waals surface area contributed by atoms with Crippen molar-refractivity contribution in [3.8, 4) is 0 Å². The van der Waals surface area contributed by atoms with Gasteiger partial charge in [0.15, 0.2) is 0 Å². The van der Waals surface area contributed by atoms with Gasteiger partial charge in [0, 0.05) is 23.4 Å². The first-order chi connectivity index (χ1) is 11.8. The number of halogens is 4. The molecule has 0 saturated carbocycles. The van der Waals surface area contributed by atoms with E-state index < -0.39 is 18.6 Å². The summed E-state index contributed by atoms with van der Waals surface area (Å²) in [6.45, 7) is 1.94. The van der Waals surface area contributed by atoms with Crippen LogP contribution in [0.2, 0.25) is 5.02 Å². The second kappa shape index (κ2) is 8.49. The van der Waals surface area contributed by atoms with Gasteiger partial charge in [0.25, 0.3) is 0 Å². The summed E-state index contributed by atoms with van der Waals surface area (Å²) in [5.41, 5.74) is 1.44. The van der Waals surface area contributed by atoms with Crippen LogP contribution in [0.5, 0.6) is 0 Å². The average Bonchev–Trinajstić information content (AvgIpc) is 2.92. The summed E-state index contributed by atoms with van der Waals surface area (Å²) in [6, 6.07) is 7.34. The minimum absolute atomic E-state index is 0.155. The van der Waals surface area contributed by atoms with Gasteiger partial charge < -0.3 is 4.90 Å². The van der Waals surface area contributed by atoms with Crippen LogP contribution >= 0.6 is 22.9 Å². The standard InChI is InChI=1S/C17H16ClF3N2OS/c1-2-6-23(11-17(19,20)21)16(24)9-14-10-25-15(22-14)8-12-4-3-5-13(18)7-12/h2-5,7,10H,1,6,8-9,11H2. The first kappa shape index (κ1) is 19.5. The largest absolute Gasteiger partial charge is 0.406 e. The van der Waals surface area contributed by atoms with E-state index in [4.69, 9.17) is 11.6 Å². The van der Waals surface area contributed by atoms with E-state index in [2.05, 4.69) is 11.6 Å². The Morgan fingerprint density at radius 2 is 2.16 bits per heavy atom. The molecule has 0 bridgehead atoms. The molecule has 0 radical (unpaired) electrons.